The quantitative estimate of drug-likeness (QED) is 0.474. The molecule has 6 heteroatoms. The second kappa shape index (κ2) is 12.8. The monoisotopic (exact) mass is 460 g/mol. The summed E-state index contributed by atoms with van der Waals surface area (Å²) >= 11 is 7.59. The van der Waals surface area contributed by atoms with E-state index in [1.165, 1.54) is 11.1 Å². The van der Waals surface area contributed by atoms with Gasteiger partial charge in [-0.2, -0.15) is 0 Å². The Hall–Kier alpha value is -1.98. The summed E-state index contributed by atoms with van der Waals surface area (Å²) < 4.78 is 0. The molecular weight excluding hydrogens is 428 g/mol. The van der Waals surface area contributed by atoms with Gasteiger partial charge in [-0.05, 0) is 49.9 Å². The molecule has 0 aliphatic carbocycles. The van der Waals surface area contributed by atoms with Crippen LogP contribution < -0.4 is 5.32 Å². The highest BCUT2D eigenvalue weighted by atomic mass is 35.5. The van der Waals surface area contributed by atoms with Crippen molar-refractivity contribution in [3.63, 3.8) is 0 Å². The van der Waals surface area contributed by atoms with Gasteiger partial charge >= 0.3 is 0 Å². The molecule has 0 heterocycles. The number of amides is 2. The van der Waals surface area contributed by atoms with Crippen LogP contribution in [0.1, 0.15) is 50.3 Å². The van der Waals surface area contributed by atoms with Crippen molar-refractivity contribution in [3.8, 4) is 0 Å². The highest BCUT2D eigenvalue weighted by Gasteiger charge is 2.29. The summed E-state index contributed by atoms with van der Waals surface area (Å²) in [6, 6.07) is 15.3. The summed E-state index contributed by atoms with van der Waals surface area (Å²) in [6.07, 6.45) is 1.41. The van der Waals surface area contributed by atoms with Gasteiger partial charge in [-0.3, -0.25) is 9.59 Å². The number of hydrogen-bond donors (Lipinski definition) is 1. The Morgan fingerprint density at radius 2 is 1.61 bits per heavy atom. The largest absolute Gasteiger partial charge is 0.352 e. The van der Waals surface area contributed by atoms with E-state index in [0.29, 0.717) is 23.7 Å². The lowest BCUT2D eigenvalue weighted by Crippen LogP contribution is -2.51. The number of carbonyl (C=O) groups is 2. The number of aryl methyl sites for hydroxylation is 1. The summed E-state index contributed by atoms with van der Waals surface area (Å²) in [5, 5.41) is 3.69. The lowest BCUT2D eigenvalue weighted by molar-refractivity contribution is -0.139. The van der Waals surface area contributed by atoms with Crippen molar-refractivity contribution < 1.29 is 9.59 Å². The lowest BCUT2D eigenvalue weighted by Gasteiger charge is -2.31. The predicted octanol–water partition coefficient (Wildman–Crippen LogP) is 5.60. The molecule has 0 spiro atoms. The maximum absolute atomic E-state index is 13.2. The molecule has 0 bridgehead atoms. The maximum Gasteiger partial charge on any atom is 0.243 e. The van der Waals surface area contributed by atoms with E-state index in [1.54, 1.807) is 16.7 Å². The van der Waals surface area contributed by atoms with Gasteiger partial charge in [0.2, 0.25) is 11.8 Å². The summed E-state index contributed by atoms with van der Waals surface area (Å²) in [5.74, 6) is 0.964. The molecule has 2 rings (SSSR count). The molecule has 0 saturated heterocycles. The van der Waals surface area contributed by atoms with E-state index in [9.17, 15) is 9.59 Å². The van der Waals surface area contributed by atoms with E-state index in [-0.39, 0.29) is 17.9 Å². The Morgan fingerprint density at radius 1 is 1.00 bits per heavy atom. The number of carbonyl (C=O) groups excluding carboxylic acids is 2. The summed E-state index contributed by atoms with van der Waals surface area (Å²) in [4.78, 5) is 27.9. The van der Waals surface area contributed by atoms with Crippen molar-refractivity contribution in [3.05, 3.63) is 70.2 Å². The molecule has 0 aromatic heterocycles. The SMILES string of the molecule is CC[C@H](C(=O)N[C@@H](C)CC)N(Cc1ccc(Cl)cc1)C(=O)CSCc1ccc(C)cc1. The average molecular weight is 461 g/mol. The summed E-state index contributed by atoms with van der Waals surface area (Å²) in [7, 11) is 0. The zero-order valence-electron chi connectivity index (χ0n) is 18.9. The van der Waals surface area contributed by atoms with Crippen LogP contribution in [-0.4, -0.2) is 34.6 Å². The van der Waals surface area contributed by atoms with Crippen LogP contribution in [0.15, 0.2) is 48.5 Å². The van der Waals surface area contributed by atoms with Crippen LogP contribution in [0.2, 0.25) is 5.02 Å². The number of halogens is 1. The van der Waals surface area contributed by atoms with Gasteiger partial charge in [0.1, 0.15) is 6.04 Å². The number of benzene rings is 2. The first-order chi connectivity index (χ1) is 14.8. The maximum atomic E-state index is 13.2. The molecule has 2 aromatic carbocycles. The van der Waals surface area contributed by atoms with Crippen molar-refractivity contribution >= 4 is 35.2 Å². The Kier molecular flexibility index (Phi) is 10.4. The van der Waals surface area contributed by atoms with E-state index in [2.05, 4.69) is 36.5 Å². The zero-order chi connectivity index (χ0) is 22.8. The third-order valence-corrected chi connectivity index (χ3v) is 6.51. The standard InChI is InChI=1S/C25H33ClN2O2S/c1-5-19(4)27-25(30)23(6-2)28(15-20-11-13-22(26)14-12-20)24(29)17-31-16-21-9-7-18(3)8-10-21/h7-14,19,23H,5-6,15-17H2,1-4H3,(H,27,30)/t19-,23+/m0/s1. The summed E-state index contributed by atoms with van der Waals surface area (Å²) in [5.41, 5.74) is 3.36. The van der Waals surface area contributed by atoms with Crippen LogP contribution in [0.3, 0.4) is 0 Å². The topological polar surface area (TPSA) is 49.4 Å². The molecule has 1 N–H and O–H groups in total. The second-order valence-electron chi connectivity index (χ2n) is 7.87. The van der Waals surface area contributed by atoms with Gasteiger partial charge in [0.05, 0.1) is 5.75 Å². The van der Waals surface area contributed by atoms with Crippen LogP contribution >= 0.6 is 23.4 Å². The lowest BCUT2D eigenvalue weighted by atomic mass is 10.1. The first-order valence-electron chi connectivity index (χ1n) is 10.8. The third-order valence-electron chi connectivity index (χ3n) is 5.27. The van der Waals surface area contributed by atoms with E-state index in [0.717, 1.165) is 17.7 Å². The molecule has 2 aromatic rings. The van der Waals surface area contributed by atoms with Gasteiger partial charge < -0.3 is 10.2 Å². The van der Waals surface area contributed by atoms with E-state index in [1.807, 2.05) is 45.0 Å². The van der Waals surface area contributed by atoms with Crippen molar-refractivity contribution in [2.75, 3.05) is 5.75 Å². The fourth-order valence-corrected chi connectivity index (χ4v) is 4.17. The van der Waals surface area contributed by atoms with Gasteiger partial charge in [-0.25, -0.2) is 0 Å². The number of rotatable bonds is 11. The molecule has 31 heavy (non-hydrogen) atoms. The number of thioether (sulfide) groups is 1. The van der Waals surface area contributed by atoms with E-state index < -0.39 is 6.04 Å². The van der Waals surface area contributed by atoms with Crippen LogP contribution in [0.5, 0.6) is 0 Å². The van der Waals surface area contributed by atoms with Gasteiger partial charge in [-0.15, -0.1) is 11.8 Å². The summed E-state index contributed by atoms with van der Waals surface area (Å²) in [6.45, 7) is 8.40. The molecule has 0 fully saturated rings. The van der Waals surface area contributed by atoms with Crippen molar-refractivity contribution in [1.29, 1.82) is 0 Å². The third kappa shape index (κ3) is 8.23. The van der Waals surface area contributed by atoms with E-state index in [4.69, 9.17) is 11.6 Å². The second-order valence-corrected chi connectivity index (χ2v) is 9.29. The zero-order valence-corrected chi connectivity index (χ0v) is 20.4. The minimum atomic E-state index is -0.503. The van der Waals surface area contributed by atoms with Gasteiger partial charge in [-0.1, -0.05) is 67.4 Å². The van der Waals surface area contributed by atoms with Crippen LogP contribution in [0, 0.1) is 6.92 Å². The van der Waals surface area contributed by atoms with Crippen LogP contribution in [-0.2, 0) is 21.9 Å². The first-order valence-corrected chi connectivity index (χ1v) is 12.3. The molecule has 0 aliphatic rings. The fourth-order valence-electron chi connectivity index (χ4n) is 3.17. The smallest absolute Gasteiger partial charge is 0.243 e. The number of nitrogens with one attached hydrogen (secondary N) is 1. The minimum Gasteiger partial charge on any atom is -0.352 e. The molecule has 2 amide bonds. The Morgan fingerprint density at radius 3 is 2.19 bits per heavy atom. The molecule has 2 atom stereocenters. The Bertz CT molecular complexity index is 840. The highest BCUT2D eigenvalue weighted by molar-refractivity contribution is 7.99. The average Bonchev–Trinajstić information content (AvgIpc) is 2.76. The number of hydrogen-bond acceptors (Lipinski definition) is 3. The highest BCUT2D eigenvalue weighted by Crippen LogP contribution is 2.19. The van der Waals surface area contributed by atoms with Crippen molar-refractivity contribution in [1.82, 2.24) is 10.2 Å². The molecule has 0 aliphatic heterocycles. The molecule has 0 saturated carbocycles. The number of nitrogens with zero attached hydrogens (tertiary/aromatic N) is 1. The van der Waals surface area contributed by atoms with E-state index >= 15 is 0 Å². The normalized spacial score (nSPS) is 12.8. The van der Waals surface area contributed by atoms with Crippen molar-refractivity contribution in [2.45, 2.75) is 64.9 Å². The molecular formula is C25H33ClN2O2S. The molecule has 4 nitrogen and oxygen atoms in total. The molecule has 0 unspecified atom stereocenters. The molecule has 0 radical (unpaired) electrons. The van der Waals surface area contributed by atoms with Gasteiger partial charge in [0, 0.05) is 23.4 Å². The minimum absolute atomic E-state index is 0.0294. The van der Waals surface area contributed by atoms with Gasteiger partial charge in [0.25, 0.3) is 0 Å². The molecule has 168 valence electrons. The van der Waals surface area contributed by atoms with Crippen LogP contribution in [0.4, 0.5) is 0 Å². The van der Waals surface area contributed by atoms with Crippen LogP contribution in [0.25, 0.3) is 0 Å². The van der Waals surface area contributed by atoms with Gasteiger partial charge in [0.15, 0.2) is 0 Å². The Balaban J connectivity index is 2.12. The Labute approximate surface area is 195 Å². The fraction of sp³-hybridized carbons (Fsp3) is 0.440. The predicted molar refractivity (Wildman–Crippen MR) is 131 cm³/mol. The first kappa shape index (κ1) is 25.3. The van der Waals surface area contributed by atoms with Crippen molar-refractivity contribution in [2.24, 2.45) is 0 Å².